The summed E-state index contributed by atoms with van der Waals surface area (Å²) in [6.07, 6.45) is 8.21. The van der Waals surface area contributed by atoms with Gasteiger partial charge >= 0.3 is 0 Å². The van der Waals surface area contributed by atoms with Gasteiger partial charge in [-0.2, -0.15) is 5.10 Å². The van der Waals surface area contributed by atoms with E-state index in [0.29, 0.717) is 5.95 Å². The lowest BCUT2D eigenvalue weighted by molar-refractivity contribution is -0.119. The first-order valence-corrected chi connectivity index (χ1v) is 10.2. The second-order valence-electron chi connectivity index (χ2n) is 7.63. The van der Waals surface area contributed by atoms with E-state index in [1.807, 2.05) is 24.0 Å². The van der Waals surface area contributed by atoms with Gasteiger partial charge in [-0.3, -0.25) is 9.48 Å². The predicted octanol–water partition coefficient (Wildman–Crippen LogP) is 2.67. The minimum absolute atomic E-state index is 0.0344. The number of hydrogen-bond donors (Lipinski definition) is 2. The maximum atomic E-state index is 11.9. The lowest BCUT2D eigenvalue weighted by atomic mass is 9.89. The lowest BCUT2D eigenvalue weighted by Gasteiger charge is -2.39. The largest absolute Gasteiger partial charge is 0.349 e. The van der Waals surface area contributed by atoms with Crippen molar-refractivity contribution in [2.24, 2.45) is 0 Å². The molecule has 156 valence electrons. The molecule has 8 heteroatoms. The zero-order valence-electron chi connectivity index (χ0n) is 17.5. The number of nitrogens with one attached hydrogen (secondary N) is 2. The Kier molecular flexibility index (Phi) is 5.76. The fourth-order valence-electron chi connectivity index (χ4n) is 4.01. The number of anilines is 2. The average molecular weight is 406 g/mol. The first-order chi connectivity index (χ1) is 14.6. The topological polar surface area (TPSA) is 88.0 Å². The van der Waals surface area contributed by atoms with Crippen molar-refractivity contribution < 1.29 is 4.79 Å². The van der Waals surface area contributed by atoms with Crippen LogP contribution in [0.5, 0.6) is 0 Å². The fraction of sp³-hybridized carbons (Fsp3) is 0.364. The third kappa shape index (κ3) is 4.04. The van der Waals surface area contributed by atoms with Crippen LogP contribution in [0.2, 0.25) is 0 Å². The Bertz CT molecular complexity index is 1020. The molecular weight excluding hydrogens is 378 g/mol. The zero-order chi connectivity index (χ0) is 21.1. The highest BCUT2D eigenvalue weighted by molar-refractivity contribution is 5.77. The first-order valence-electron chi connectivity index (χ1n) is 10.2. The summed E-state index contributed by atoms with van der Waals surface area (Å²) in [4.78, 5) is 22.9. The maximum absolute atomic E-state index is 11.9. The van der Waals surface area contributed by atoms with Gasteiger partial charge in [0.1, 0.15) is 0 Å². The van der Waals surface area contributed by atoms with Gasteiger partial charge in [-0.25, -0.2) is 9.97 Å². The monoisotopic (exact) mass is 405 g/mol. The molecule has 1 aliphatic rings. The van der Waals surface area contributed by atoms with Crippen LogP contribution >= 0.6 is 0 Å². The van der Waals surface area contributed by atoms with E-state index in [4.69, 9.17) is 0 Å². The number of hydrogen-bond acceptors (Lipinski definition) is 6. The Labute approximate surface area is 176 Å². The van der Waals surface area contributed by atoms with Gasteiger partial charge in [0.05, 0.1) is 18.8 Å². The molecule has 4 rings (SSSR count). The van der Waals surface area contributed by atoms with E-state index in [0.717, 1.165) is 41.9 Å². The Morgan fingerprint density at radius 1 is 1.23 bits per heavy atom. The first kappa shape index (κ1) is 20.0. The summed E-state index contributed by atoms with van der Waals surface area (Å²) in [5, 5.41) is 10.7. The number of benzene rings is 1. The molecule has 2 atom stereocenters. The minimum atomic E-state index is -0.0632. The molecule has 30 heavy (non-hydrogen) atoms. The highest BCUT2D eigenvalue weighted by Gasteiger charge is 2.33. The molecule has 0 fully saturated rings. The van der Waals surface area contributed by atoms with Crippen molar-refractivity contribution >= 4 is 17.5 Å². The van der Waals surface area contributed by atoms with Gasteiger partial charge in [0, 0.05) is 49.4 Å². The lowest BCUT2D eigenvalue weighted by Crippen LogP contribution is -2.41. The summed E-state index contributed by atoms with van der Waals surface area (Å²) in [5.41, 5.74) is 4.21. The number of rotatable bonds is 6. The maximum Gasteiger partial charge on any atom is 0.230 e. The minimum Gasteiger partial charge on any atom is -0.349 e. The number of carbonyl (C=O) groups is 1. The summed E-state index contributed by atoms with van der Waals surface area (Å²) in [5.74, 6) is 0.632. The van der Waals surface area contributed by atoms with Crippen molar-refractivity contribution in [3.8, 4) is 11.1 Å². The number of fused-ring (bicyclic) bond motifs is 1. The molecule has 0 saturated heterocycles. The second-order valence-corrected chi connectivity index (χ2v) is 7.63. The van der Waals surface area contributed by atoms with Crippen LogP contribution in [-0.4, -0.2) is 45.3 Å². The summed E-state index contributed by atoms with van der Waals surface area (Å²) >= 11 is 0. The molecule has 0 saturated carbocycles. The molecule has 3 heterocycles. The Balaban J connectivity index is 1.74. The van der Waals surface area contributed by atoms with Gasteiger partial charge in [0.15, 0.2) is 0 Å². The van der Waals surface area contributed by atoms with Crippen LogP contribution in [0.4, 0.5) is 11.6 Å². The van der Waals surface area contributed by atoms with Crippen LogP contribution in [-0.2, 0) is 11.3 Å². The highest BCUT2D eigenvalue weighted by Crippen LogP contribution is 2.42. The second kappa shape index (κ2) is 8.62. The van der Waals surface area contributed by atoms with Gasteiger partial charge in [-0.15, -0.1) is 0 Å². The predicted molar refractivity (Wildman–Crippen MR) is 116 cm³/mol. The number of likely N-dealkylation sites (N-methyl/N-ethyl adjacent to an activating group) is 1. The van der Waals surface area contributed by atoms with Crippen LogP contribution in [0.1, 0.15) is 31.9 Å². The quantitative estimate of drug-likeness (QED) is 0.656. The Hall–Kier alpha value is -3.26. The van der Waals surface area contributed by atoms with Crippen LogP contribution in [0.15, 0.2) is 49.1 Å². The van der Waals surface area contributed by atoms with E-state index in [-0.39, 0.29) is 18.0 Å². The van der Waals surface area contributed by atoms with Crippen molar-refractivity contribution in [1.29, 1.82) is 0 Å². The van der Waals surface area contributed by atoms with Crippen molar-refractivity contribution in [3.63, 3.8) is 0 Å². The van der Waals surface area contributed by atoms with Crippen molar-refractivity contribution in [2.75, 3.05) is 18.5 Å². The van der Waals surface area contributed by atoms with E-state index in [9.17, 15) is 4.79 Å². The van der Waals surface area contributed by atoms with Crippen molar-refractivity contribution in [3.05, 3.63) is 54.6 Å². The van der Waals surface area contributed by atoms with Gasteiger partial charge < -0.3 is 15.5 Å². The third-order valence-corrected chi connectivity index (χ3v) is 5.38. The average Bonchev–Trinajstić information content (AvgIpc) is 3.21. The molecule has 0 aliphatic carbocycles. The molecule has 0 bridgehead atoms. The van der Waals surface area contributed by atoms with Crippen LogP contribution < -0.4 is 15.5 Å². The van der Waals surface area contributed by atoms with E-state index < -0.39 is 0 Å². The summed E-state index contributed by atoms with van der Waals surface area (Å²) in [6.45, 7) is 5.37. The molecule has 1 aliphatic heterocycles. The van der Waals surface area contributed by atoms with Crippen molar-refractivity contribution in [2.45, 2.75) is 38.9 Å². The molecule has 1 aromatic carbocycles. The van der Waals surface area contributed by atoms with Gasteiger partial charge in [0.2, 0.25) is 11.9 Å². The van der Waals surface area contributed by atoms with Crippen LogP contribution in [0.3, 0.4) is 0 Å². The number of nitrogens with zero attached hydrogens (tertiary/aromatic N) is 5. The Morgan fingerprint density at radius 3 is 2.77 bits per heavy atom. The number of amides is 1. The number of carbonyl (C=O) groups excluding carboxylic acids is 1. The van der Waals surface area contributed by atoms with Gasteiger partial charge in [-0.05, 0) is 49.7 Å². The fourth-order valence-corrected chi connectivity index (χ4v) is 4.01. The SMILES string of the molecule is CNCCn1cc(-c2ccc3c(c2)C(NC(C)=O)CC(C)N3c2ncccn2)cn1. The third-order valence-electron chi connectivity index (χ3n) is 5.38. The summed E-state index contributed by atoms with van der Waals surface area (Å²) < 4.78 is 1.93. The molecule has 8 nitrogen and oxygen atoms in total. The summed E-state index contributed by atoms with van der Waals surface area (Å²) in [6, 6.07) is 8.23. The standard InChI is InChI=1S/C22H27N7O/c1-15-11-20(27-16(2)30)19-12-17(18-13-26-28(14-18)10-9-23-3)5-6-21(19)29(15)22-24-7-4-8-25-22/h4-8,12-15,20,23H,9-11H2,1-3H3,(H,27,30). The molecule has 2 aromatic heterocycles. The van der Waals surface area contributed by atoms with Crippen LogP contribution in [0.25, 0.3) is 11.1 Å². The molecule has 2 N–H and O–H groups in total. The van der Waals surface area contributed by atoms with Gasteiger partial charge in [0.25, 0.3) is 0 Å². The number of aromatic nitrogens is 4. The van der Waals surface area contributed by atoms with Gasteiger partial charge in [-0.1, -0.05) is 6.07 Å². The Morgan fingerprint density at radius 2 is 2.03 bits per heavy atom. The van der Waals surface area contributed by atoms with E-state index in [1.54, 1.807) is 19.3 Å². The smallest absolute Gasteiger partial charge is 0.230 e. The van der Waals surface area contributed by atoms with E-state index >= 15 is 0 Å². The molecule has 2 unspecified atom stereocenters. The van der Waals surface area contributed by atoms with E-state index in [2.05, 4.69) is 61.9 Å². The molecule has 0 spiro atoms. The zero-order valence-corrected chi connectivity index (χ0v) is 17.5. The van der Waals surface area contributed by atoms with Crippen LogP contribution in [0, 0.1) is 0 Å². The van der Waals surface area contributed by atoms with E-state index in [1.165, 1.54) is 0 Å². The molecule has 1 amide bonds. The molecule has 0 radical (unpaired) electrons. The highest BCUT2D eigenvalue weighted by atomic mass is 16.1. The summed E-state index contributed by atoms with van der Waals surface area (Å²) in [7, 11) is 1.93. The van der Waals surface area contributed by atoms with Crippen molar-refractivity contribution in [1.82, 2.24) is 30.4 Å². The normalized spacial score (nSPS) is 18.2. The molecular formula is C22H27N7O. The molecule has 3 aromatic rings.